The standard InChI is InChI=1S/C13H15F2N3/c14-13(15)12(18-6-4-17-5-7-18)11-3-1-2-10(8-11)9-16/h1-3,8,12-13,17H,4-7H2/t12-/m1/s1. The van der Waals surface area contributed by atoms with Gasteiger partial charge in [0.2, 0.25) is 0 Å². The zero-order chi connectivity index (χ0) is 13.0. The quantitative estimate of drug-likeness (QED) is 0.890. The van der Waals surface area contributed by atoms with Crippen LogP contribution in [0.4, 0.5) is 8.78 Å². The number of hydrogen-bond acceptors (Lipinski definition) is 3. The fourth-order valence-electron chi connectivity index (χ4n) is 2.27. The Hall–Kier alpha value is -1.51. The van der Waals surface area contributed by atoms with E-state index in [0.717, 1.165) is 13.1 Å². The van der Waals surface area contributed by atoms with Crippen LogP contribution in [0.25, 0.3) is 0 Å². The molecule has 0 saturated carbocycles. The Kier molecular flexibility index (Phi) is 4.24. The van der Waals surface area contributed by atoms with Crippen LogP contribution >= 0.6 is 0 Å². The number of piperazine rings is 1. The monoisotopic (exact) mass is 251 g/mol. The molecule has 0 amide bonds. The molecule has 1 aliphatic heterocycles. The van der Waals surface area contributed by atoms with Gasteiger partial charge in [-0.25, -0.2) is 8.78 Å². The van der Waals surface area contributed by atoms with Crippen LogP contribution in [0.1, 0.15) is 17.2 Å². The largest absolute Gasteiger partial charge is 0.314 e. The molecule has 5 heteroatoms. The number of nitrogens with one attached hydrogen (secondary N) is 1. The molecular weight excluding hydrogens is 236 g/mol. The van der Waals surface area contributed by atoms with E-state index in [1.807, 2.05) is 6.07 Å². The lowest BCUT2D eigenvalue weighted by molar-refractivity contribution is 0.0182. The van der Waals surface area contributed by atoms with Gasteiger partial charge in [-0.15, -0.1) is 0 Å². The number of halogens is 2. The molecule has 1 fully saturated rings. The highest BCUT2D eigenvalue weighted by molar-refractivity contribution is 5.34. The molecular formula is C13H15F2N3. The summed E-state index contributed by atoms with van der Waals surface area (Å²) in [6.45, 7) is 2.65. The van der Waals surface area contributed by atoms with Gasteiger partial charge in [-0.1, -0.05) is 12.1 Å². The minimum Gasteiger partial charge on any atom is -0.314 e. The number of benzene rings is 1. The molecule has 3 nitrogen and oxygen atoms in total. The smallest absolute Gasteiger partial charge is 0.258 e. The lowest BCUT2D eigenvalue weighted by Gasteiger charge is -2.34. The topological polar surface area (TPSA) is 39.1 Å². The highest BCUT2D eigenvalue weighted by Crippen LogP contribution is 2.28. The minimum atomic E-state index is -2.45. The molecule has 0 spiro atoms. The van der Waals surface area contributed by atoms with Crippen molar-refractivity contribution in [2.24, 2.45) is 0 Å². The van der Waals surface area contributed by atoms with Gasteiger partial charge < -0.3 is 5.32 Å². The van der Waals surface area contributed by atoms with Crippen LogP contribution in [-0.4, -0.2) is 37.5 Å². The number of nitriles is 1. The second-order valence-corrected chi connectivity index (χ2v) is 4.30. The van der Waals surface area contributed by atoms with Gasteiger partial charge in [-0.05, 0) is 17.7 Å². The number of nitrogens with zero attached hydrogens (tertiary/aromatic N) is 2. The third-order valence-corrected chi connectivity index (χ3v) is 3.14. The minimum absolute atomic E-state index is 0.424. The Morgan fingerprint density at radius 3 is 2.61 bits per heavy atom. The Bertz CT molecular complexity index is 436. The summed E-state index contributed by atoms with van der Waals surface area (Å²) in [4.78, 5) is 1.78. The molecule has 0 bridgehead atoms. The van der Waals surface area contributed by atoms with Crippen molar-refractivity contribution in [3.63, 3.8) is 0 Å². The van der Waals surface area contributed by atoms with E-state index in [-0.39, 0.29) is 0 Å². The highest BCUT2D eigenvalue weighted by Gasteiger charge is 2.30. The van der Waals surface area contributed by atoms with Gasteiger partial charge in [0.15, 0.2) is 0 Å². The van der Waals surface area contributed by atoms with Crippen molar-refractivity contribution in [3.8, 4) is 6.07 Å². The average molecular weight is 251 g/mol. The summed E-state index contributed by atoms with van der Waals surface area (Å²) >= 11 is 0. The van der Waals surface area contributed by atoms with Gasteiger partial charge in [0.05, 0.1) is 17.7 Å². The number of rotatable bonds is 3. The summed E-state index contributed by atoms with van der Waals surface area (Å²) in [7, 11) is 0. The maximum Gasteiger partial charge on any atom is 0.258 e. The molecule has 0 aliphatic carbocycles. The van der Waals surface area contributed by atoms with Crippen LogP contribution in [-0.2, 0) is 0 Å². The molecule has 1 saturated heterocycles. The van der Waals surface area contributed by atoms with Crippen LogP contribution in [0.2, 0.25) is 0 Å². The van der Waals surface area contributed by atoms with E-state index < -0.39 is 12.5 Å². The summed E-state index contributed by atoms with van der Waals surface area (Å²) < 4.78 is 26.5. The van der Waals surface area contributed by atoms with Gasteiger partial charge in [0, 0.05) is 26.2 Å². The molecule has 1 atom stereocenters. The highest BCUT2D eigenvalue weighted by atomic mass is 19.3. The molecule has 0 aromatic heterocycles. The van der Waals surface area contributed by atoms with Gasteiger partial charge >= 0.3 is 0 Å². The van der Waals surface area contributed by atoms with E-state index in [9.17, 15) is 8.78 Å². The third kappa shape index (κ3) is 2.84. The first-order valence-corrected chi connectivity index (χ1v) is 5.95. The number of hydrogen-bond donors (Lipinski definition) is 1. The van der Waals surface area contributed by atoms with E-state index in [2.05, 4.69) is 5.32 Å². The average Bonchev–Trinajstić information content (AvgIpc) is 2.40. The second kappa shape index (κ2) is 5.89. The van der Waals surface area contributed by atoms with Crippen molar-refractivity contribution in [1.82, 2.24) is 10.2 Å². The van der Waals surface area contributed by atoms with E-state index in [1.54, 1.807) is 29.2 Å². The van der Waals surface area contributed by atoms with E-state index in [1.165, 1.54) is 0 Å². The zero-order valence-electron chi connectivity index (χ0n) is 9.94. The molecule has 1 aliphatic rings. The predicted molar refractivity (Wildman–Crippen MR) is 64.3 cm³/mol. The summed E-state index contributed by atoms with van der Waals surface area (Å²) in [5.74, 6) is 0. The van der Waals surface area contributed by atoms with Crippen molar-refractivity contribution in [2.45, 2.75) is 12.5 Å². The maximum absolute atomic E-state index is 13.3. The lowest BCUT2D eigenvalue weighted by Crippen LogP contribution is -2.46. The molecule has 18 heavy (non-hydrogen) atoms. The third-order valence-electron chi connectivity index (χ3n) is 3.14. The molecule has 2 rings (SSSR count). The van der Waals surface area contributed by atoms with E-state index >= 15 is 0 Å². The van der Waals surface area contributed by atoms with Crippen LogP contribution < -0.4 is 5.32 Å². The summed E-state index contributed by atoms with van der Waals surface area (Å²) in [5.41, 5.74) is 0.944. The molecule has 96 valence electrons. The maximum atomic E-state index is 13.3. The first-order chi connectivity index (χ1) is 8.72. The van der Waals surface area contributed by atoms with Crippen LogP contribution in [0.5, 0.6) is 0 Å². The van der Waals surface area contributed by atoms with Gasteiger partial charge in [0.1, 0.15) is 0 Å². The zero-order valence-corrected chi connectivity index (χ0v) is 9.94. The van der Waals surface area contributed by atoms with E-state index in [4.69, 9.17) is 5.26 Å². The van der Waals surface area contributed by atoms with Crippen molar-refractivity contribution in [1.29, 1.82) is 5.26 Å². The lowest BCUT2D eigenvalue weighted by atomic mass is 10.0. The summed E-state index contributed by atoms with van der Waals surface area (Å²) in [6, 6.07) is 7.58. The molecule has 1 N–H and O–H groups in total. The first-order valence-electron chi connectivity index (χ1n) is 5.95. The molecule has 0 radical (unpaired) electrons. The summed E-state index contributed by atoms with van der Waals surface area (Å²) in [6.07, 6.45) is -2.45. The predicted octanol–water partition coefficient (Wildman–Crippen LogP) is 1.77. The Balaban J connectivity index is 2.26. The van der Waals surface area contributed by atoms with Crippen LogP contribution in [0, 0.1) is 11.3 Å². The van der Waals surface area contributed by atoms with Crippen molar-refractivity contribution >= 4 is 0 Å². The normalized spacial score (nSPS) is 18.6. The fourth-order valence-corrected chi connectivity index (χ4v) is 2.27. The fraction of sp³-hybridized carbons (Fsp3) is 0.462. The van der Waals surface area contributed by atoms with Gasteiger partial charge in [0.25, 0.3) is 6.43 Å². The molecule has 1 heterocycles. The van der Waals surface area contributed by atoms with Crippen LogP contribution in [0.15, 0.2) is 24.3 Å². The van der Waals surface area contributed by atoms with Crippen molar-refractivity contribution < 1.29 is 8.78 Å². The Morgan fingerprint density at radius 2 is 2.00 bits per heavy atom. The Morgan fingerprint density at radius 1 is 1.28 bits per heavy atom. The molecule has 1 aromatic carbocycles. The summed E-state index contributed by atoms with van der Waals surface area (Å²) in [5, 5.41) is 12.0. The van der Waals surface area contributed by atoms with Gasteiger partial charge in [-0.3, -0.25) is 4.90 Å². The SMILES string of the molecule is N#Cc1cccc([C@H](C(F)F)N2CCNCC2)c1. The van der Waals surface area contributed by atoms with E-state index in [0.29, 0.717) is 24.2 Å². The van der Waals surface area contributed by atoms with Gasteiger partial charge in [-0.2, -0.15) is 5.26 Å². The van der Waals surface area contributed by atoms with Crippen molar-refractivity contribution in [3.05, 3.63) is 35.4 Å². The second-order valence-electron chi connectivity index (χ2n) is 4.30. The first kappa shape index (κ1) is 12.9. The molecule has 1 aromatic rings. The van der Waals surface area contributed by atoms with Crippen LogP contribution in [0.3, 0.4) is 0 Å². The van der Waals surface area contributed by atoms with Crippen molar-refractivity contribution in [2.75, 3.05) is 26.2 Å². The number of alkyl halides is 2. The molecule has 0 unspecified atom stereocenters. The Labute approximate surface area is 105 Å².